The third kappa shape index (κ3) is 6.23. The standard InChI is InChI=1S/C22H27ClN2O3/c1-2-21(28-20-8-6-19(23)7-9-20)22(26)24-15-17-4-3-5-18(14-17)16-25-10-12-27-13-11-25/h3-9,14,21H,2,10-13,15-16H2,1H3,(H,24,26)/t21-/m1/s1. The molecule has 6 heteroatoms. The van der Waals surface area contributed by atoms with Crippen molar-refractivity contribution in [2.24, 2.45) is 0 Å². The Kier molecular flexibility index (Phi) is 7.71. The Bertz CT molecular complexity index is 761. The zero-order valence-electron chi connectivity index (χ0n) is 16.2. The highest BCUT2D eigenvalue weighted by Gasteiger charge is 2.18. The van der Waals surface area contributed by atoms with Crippen molar-refractivity contribution in [3.63, 3.8) is 0 Å². The van der Waals surface area contributed by atoms with E-state index in [1.54, 1.807) is 24.3 Å². The van der Waals surface area contributed by atoms with Gasteiger partial charge in [-0.3, -0.25) is 9.69 Å². The smallest absolute Gasteiger partial charge is 0.261 e. The lowest BCUT2D eigenvalue weighted by atomic mass is 10.1. The molecule has 3 rings (SSSR count). The number of halogens is 1. The van der Waals surface area contributed by atoms with E-state index in [-0.39, 0.29) is 5.91 Å². The Hall–Kier alpha value is -2.08. The number of morpholine rings is 1. The summed E-state index contributed by atoms with van der Waals surface area (Å²) in [5, 5.41) is 3.63. The van der Waals surface area contributed by atoms with Crippen LogP contribution in [0.2, 0.25) is 5.02 Å². The van der Waals surface area contributed by atoms with Gasteiger partial charge in [-0.15, -0.1) is 0 Å². The molecular weight excluding hydrogens is 376 g/mol. The van der Waals surface area contributed by atoms with E-state index in [9.17, 15) is 4.79 Å². The van der Waals surface area contributed by atoms with Crippen molar-refractivity contribution >= 4 is 17.5 Å². The minimum absolute atomic E-state index is 0.115. The molecule has 2 aromatic carbocycles. The van der Waals surface area contributed by atoms with Crippen LogP contribution < -0.4 is 10.1 Å². The van der Waals surface area contributed by atoms with Crippen molar-refractivity contribution in [3.8, 4) is 5.75 Å². The Morgan fingerprint density at radius 1 is 1.18 bits per heavy atom. The molecule has 2 aromatic rings. The number of carbonyl (C=O) groups is 1. The monoisotopic (exact) mass is 402 g/mol. The second kappa shape index (κ2) is 10.5. The van der Waals surface area contributed by atoms with Crippen LogP contribution in [0.3, 0.4) is 0 Å². The number of hydrogen-bond donors (Lipinski definition) is 1. The van der Waals surface area contributed by atoms with Crippen LogP contribution >= 0.6 is 11.6 Å². The SMILES string of the molecule is CC[C@@H](Oc1ccc(Cl)cc1)C(=O)NCc1cccc(CN2CCOCC2)c1. The molecule has 1 saturated heterocycles. The van der Waals surface area contributed by atoms with Crippen LogP contribution in [0, 0.1) is 0 Å². The molecule has 1 N–H and O–H groups in total. The minimum Gasteiger partial charge on any atom is -0.481 e. The van der Waals surface area contributed by atoms with Gasteiger partial charge in [-0.25, -0.2) is 0 Å². The van der Waals surface area contributed by atoms with Gasteiger partial charge in [-0.1, -0.05) is 42.8 Å². The molecular formula is C22H27ClN2O3. The van der Waals surface area contributed by atoms with Gasteiger partial charge in [0.05, 0.1) is 13.2 Å². The Labute approximate surface area is 171 Å². The van der Waals surface area contributed by atoms with Crippen molar-refractivity contribution in [3.05, 3.63) is 64.7 Å². The molecule has 0 unspecified atom stereocenters. The predicted molar refractivity (Wildman–Crippen MR) is 111 cm³/mol. The topological polar surface area (TPSA) is 50.8 Å². The van der Waals surface area contributed by atoms with Crippen molar-refractivity contribution in [2.45, 2.75) is 32.5 Å². The van der Waals surface area contributed by atoms with Gasteiger partial charge in [-0.05, 0) is 41.8 Å². The Morgan fingerprint density at radius 3 is 2.61 bits per heavy atom. The zero-order chi connectivity index (χ0) is 19.8. The van der Waals surface area contributed by atoms with Gasteiger partial charge in [0, 0.05) is 31.2 Å². The first-order chi connectivity index (χ1) is 13.6. The van der Waals surface area contributed by atoms with Gasteiger partial charge in [0.1, 0.15) is 5.75 Å². The molecule has 0 radical (unpaired) electrons. The number of rotatable bonds is 8. The van der Waals surface area contributed by atoms with Gasteiger partial charge in [-0.2, -0.15) is 0 Å². The van der Waals surface area contributed by atoms with Crippen LogP contribution in [0.25, 0.3) is 0 Å². The number of benzene rings is 2. The summed E-state index contributed by atoms with van der Waals surface area (Å²) < 4.78 is 11.2. The van der Waals surface area contributed by atoms with E-state index in [1.165, 1.54) is 5.56 Å². The fraction of sp³-hybridized carbons (Fsp3) is 0.409. The lowest BCUT2D eigenvalue weighted by Crippen LogP contribution is -2.37. The fourth-order valence-electron chi connectivity index (χ4n) is 3.16. The second-order valence-corrected chi connectivity index (χ2v) is 7.33. The van der Waals surface area contributed by atoms with Crippen LogP contribution in [0.5, 0.6) is 5.75 Å². The normalized spacial score (nSPS) is 15.8. The molecule has 150 valence electrons. The van der Waals surface area contributed by atoms with Gasteiger partial charge in [0.15, 0.2) is 6.10 Å². The molecule has 0 aliphatic carbocycles. The highest BCUT2D eigenvalue weighted by Crippen LogP contribution is 2.18. The number of carbonyl (C=O) groups excluding carboxylic acids is 1. The summed E-state index contributed by atoms with van der Waals surface area (Å²) in [6.07, 6.45) is 0.0589. The summed E-state index contributed by atoms with van der Waals surface area (Å²) in [6.45, 7) is 6.83. The van der Waals surface area contributed by atoms with Crippen LogP contribution in [-0.2, 0) is 22.6 Å². The molecule has 0 bridgehead atoms. The predicted octanol–water partition coefficient (Wildman–Crippen LogP) is 3.65. The van der Waals surface area contributed by atoms with Gasteiger partial charge in [0.2, 0.25) is 0 Å². The molecule has 1 amide bonds. The maximum atomic E-state index is 12.5. The first-order valence-corrected chi connectivity index (χ1v) is 10.1. The highest BCUT2D eigenvalue weighted by molar-refractivity contribution is 6.30. The fourth-order valence-corrected chi connectivity index (χ4v) is 3.28. The van der Waals surface area contributed by atoms with Crippen molar-refractivity contribution in [1.29, 1.82) is 0 Å². The third-order valence-electron chi connectivity index (χ3n) is 4.72. The highest BCUT2D eigenvalue weighted by atomic mass is 35.5. The van der Waals surface area contributed by atoms with E-state index in [0.29, 0.717) is 23.7 Å². The summed E-state index contributed by atoms with van der Waals surface area (Å²) in [6, 6.07) is 15.4. The average Bonchev–Trinajstić information content (AvgIpc) is 2.72. The van der Waals surface area contributed by atoms with E-state index in [4.69, 9.17) is 21.1 Å². The number of hydrogen-bond acceptors (Lipinski definition) is 4. The third-order valence-corrected chi connectivity index (χ3v) is 4.98. The van der Waals surface area contributed by atoms with E-state index >= 15 is 0 Å². The van der Waals surface area contributed by atoms with E-state index in [1.807, 2.05) is 19.1 Å². The van der Waals surface area contributed by atoms with Crippen LogP contribution in [0.15, 0.2) is 48.5 Å². The largest absolute Gasteiger partial charge is 0.481 e. The molecule has 1 aliphatic rings. The average molecular weight is 403 g/mol. The van der Waals surface area contributed by atoms with Crippen molar-refractivity contribution < 1.29 is 14.3 Å². The van der Waals surface area contributed by atoms with Crippen molar-refractivity contribution in [1.82, 2.24) is 10.2 Å². The summed E-state index contributed by atoms with van der Waals surface area (Å²) in [5.41, 5.74) is 2.33. The Balaban J connectivity index is 1.52. The van der Waals surface area contributed by atoms with Crippen LogP contribution in [0.1, 0.15) is 24.5 Å². The summed E-state index contributed by atoms with van der Waals surface area (Å²) >= 11 is 5.89. The first-order valence-electron chi connectivity index (χ1n) is 9.72. The molecule has 0 spiro atoms. The molecule has 5 nitrogen and oxygen atoms in total. The maximum absolute atomic E-state index is 12.5. The lowest BCUT2D eigenvalue weighted by molar-refractivity contribution is -0.128. The van der Waals surface area contributed by atoms with Gasteiger partial charge in [0.25, 0.3) is 5.91 Å². The summed E-state index contributed by atoms with van der Waals surface area (Å²) in [4.78, 5) is 14.9. The van der Waals surface area contributed by atoms with Gasteiger partial charge < -0.3 is 14.8 Å². The number of ether oxygens (including phenoxy) is 2. The quantitative estimate of drug-likeness (QED) is 0.732. The molecule has 0 saturated carbocycles. The zero-order valence-corrected chi connectivity index (χ0v) is 17.0. The number of amides is 1. The molecule has 1 heterocycles. The summed E-state index contributed by atoms with van der Waals surface area (Å²) in [7, 11) is 0. The molecule has 1 fully saturated rings. The van der Waals surface area contributed by atoms with Crippen LogP contribution in [0.4, 0.5) is 0 Å². The van der Waals surface area contributed by atoms with Gasteiger partial charge >= 0.3 is 0 Å². The summed E-state index contributed by atoms with van der Waals surface area (Å²) in [5.74, 6) is 0.523. The first kappa shape index (κ1) is 20.6. The second-order valence-electron chi connectivity index (χ2n) is 6.89. The molecule has 28 heavy (non-hydrogen) atoms. The van der Waals surface area contributed by atoms with E-state index in [0.717, 1.165) is 38.4 Å². The Morgan fingerprint density at radius 2 is 1.89 bits per heavy atom. The van der Waals surface area contributed by atoms with E-state index in [2.05, 4.69) is 22.3 Å². The lowest BCUT2D eigenvalue weighted by Gasteiger charge is -2.26. The number of nitrogens with one attached hydrogen (secondary N) is 1. The van der Waals surface area contributed by atoms with E-state index < -0.39 is 6.10 Å². The van der Waals surface area contributed by atoms with Crippen molar-refractivity contribution in [2.75, 3.05) is 26.3 Å². The number of nitrogens with zero attached hydrogens (tertiary/aromatic N) is 1. The molecule has 1 aliphatic heterocycles. The molecule has 1 atom stereocenters. The van der Waals surface area contributed by atoms with Crippen LogP contribution in [-0.4, -0.2) is 43.2 Å². The minimum atomic E-state index is -0.530. The maximum Gasteiger partial charge on any atom is 0.261 e. The molecule has 0 aromatic heterocycles.